The number of rotatable bonds is 5. The lowest BCUT2D eigenvalue weighted by Crippen LogP contribution is -2.28. The topological polar surface area (TPSA) is 80.5 Å². The minimum atomic E-state index is -4.78. The van der Waals surface area contributed by atoms with Gasteiger partial charge in [-0.3, -0.25) is 9.89 Å². The van der Waals surface area contributed by atoms with Gasteiger partial charge in [-0.2, -0.15) is 23.4 Å². The van der Waals surface area contributed by atoms with Gasteiger partial charge in [-0.25, -0.2) is 4.68 Å². The molecule has 12 heteroatoms. The molecule has 0 fully saturated rings. The van der Waals surface area contributed by atoms with Crippen molar-refractivity contribution in [1.29, 1.82) is 0 Å². The van der Waals surface area contributed by atoms with Crippen LogP contribution in [0.25, 0.3) is 5.69 Å². The fourth-order valence-corrected chi connectivity index (χ4v) is 2.83. The van der Waals surface area contributed by atoms with Crippen molar-refractivity contribution in [3.8, 4) is 5.69 Å². The maximum atomic E-state index is 13.6. The summed E-state index contributed by atoms with van der Waals surface area (Å²) in [6, 6.07) is 5.65. The molecule has 2 N–H and O–H groups in total. The van der Waals surface area contributed by atoms with E-state index in [9.17, 15) is 18.0 Å². The van der Waals surface area contributed by atoms with Gasteiger partial charge >= 0.3 is 6.18 Å². The molecule has 1 amide bonds. The van der Waals surface area contributed by atoms with E-state index in [-0.39, 0.29) is 12.2 Å². The molecule has 0 radical (unpaired) electrons. The Labute approximate surface area is 167 Å². The number of H-pyrrole nitrogens is 1. The summed E-state index contributed by atoms with van der Waals surface area (Å²) in [5.74, 6) is -0.317. The Hall–Kier alpha value is -2.66. The lowest BCUT2D eigenvalue weighted by atomic mass is 10.2. The number of hydrogen-bond acceptors (Lipinski definition) is 4. The number of nitrogens with zero attached hydrogens (tertiary/aromatic N) is 4. The quantitative estimate of drug-likeness (QED) is 0.608. The van der Waals surface area contributed by atoms with E-state index in [1.807, 2.05) is 0 Å². The van der Waals surface area contributed by atoms with Crippen LogP contribution < -0.4 is 5.32 Å². The maximum absolute atomic E-state index is 13.6. The molecule has 0 unspecified atom stereocenters. The summed E-state index contributed by atoms with van der Waals surface area (Å²) in [6.45, 7) is 0.0791. The van der Waals surface area contributed by atoms with E-state index in [4.69, 9.17) is 23.8 Å². The van der Waals surface area contributed by atoms with Crippen LogP contribution in [0.1, 0.15) is 21.9 Å². The third kappa shape index (κ3) is 4.09. The van der Waals surface area contributed by atoms with Crippen molar-refractivity contribution in [2.24, 2.45) is 7.05 Å². The van der Waals surface area contributed by atoms with Crippen LogP contribution in [-0.2, 0) is 19.6 Å². The van der Waals surface area contributed by atoms with E-state index in [0.717, 1.165) is 6.20 Å². The predicted octanol–water partition coefficient (Wildman–Crippen LogP) is 3.31. The van der Waals surface area contributed by atoms with Crippen LogP contribution in [0.2, 0.25) is 5.02 Å². The highest BCUT2D eigenvalue weighted by atomic mass is 35.5. The first-order chi connectivity index (χ1) is 13.2. The fourth-order valence-electron chi connectivity index (χ4n) is 2.55. The minimum Gasteiger partial charge on any atom is -0.351 e. The Bertz CT molecular complexity index is 1050. The summed E-state index contributed by atoms with van der Waals surface area (Å²) in [5.41, 5.74) is -1.60. The van der Waals surface area contributed by atoms with E-state index in [1.165, 1.54) is 24.3 Å². The first-order valence-corrected chi connectivity index (χ1v) is 8.76. The normalized spacial score (nSPS) is 11.6. The Morgan fingerprint density at radius 2 is 2.00 bits per heavy atom. The molecule has 0 saturated carbocycles. The van der Waals surface area contributed by atoms with Crippen LogP contribution in [-0.4, -0.2) is 37.0 Å². The molecule has 148 valence electrons. The standard InChI is InChI=1S/C16H14ClF3N6OS/c1-25-12(23-24-15(25)28)6-7-21-14(27)11-8-22-26(13(11)16(18,19)20)10-4-2-9(17)3-5-10/h2-5,8H,6-7H2,1H3,(H,21,27)(H,24,28). The average Bonchev–Trinajstić information content (AvgIpc) is 3.21. The molecule has 2 heterocycles. The highest BCUT2D eigenvalue weighted by Crippen LogP contribution is 2.33. The smallest absolute Gasteiger partial charge is 0.351 e. The lowest BCUT2D eigenvalue weighted by Gasteiger charge is -2.13. The van der Waals surface area contributed by atoms with E-state index < -0.39 is 23.3 Å². The predicted molar refractivity (Wildman–Crippen MR) is 98.0 cm³/mol. The van der Waals surface area contributed by atoms with Crippen molar-refractivity contribution >= 4 is 29.7 Å². The van der Waals surface area contributed by atoms with Crippen molar-refractivity contribution in [3.63, 3.8) is 0 Å². The molecule has 0 atom stereocenters. The number of aromatic amines is 1. The molecule has 0 aliphatic carbocycles. The molecule has 0 spiro atoms. The molecule has 3 aromatic rings. The van der Waals surface area contributed by atoms with Gasteiger partial charge in [0, 0.05) is 25.0 Å². The molecule has 1 aromatic carbocycles. The summed E-state index contributed by atoms with van der Waals surface area (Å²) in [6.07, 6.45) is -3.60. The van der Waals surface area contributed by atoms with Gasteiger partial charge in [0.1, 0.15) is 5.82 Å². The summed E-state index contributed by atoms with van der Waals surface area (Å²) >= 11 is 10.8. The number of halogens is 4. The Balaban J connectivity index is 1.82. The van der Waals surface area contributed by atoms with Crippen LogP contribution >= 0.6 is 23.8 Å². The molecule has 2 aromatic heterocycles. The Morgan fingerprint density at radius 3 is 2.57 bits per heavy atom. The minimum absolute atomic E-state index is 0.0791. The van der Waals surface area contributed by atoms with E-state index in [0.29, 0.717) is 26.7 Å². The van der Waals surface area contributed by atoms with Gasteiger partial charge in [0.25, 0.3) is 5.91 Å². The van der Waals surface area contributed by atoms with Crippen molar-refractivity contribution in [2.45, 2.75) is 12.6 Å². The molecule has 3 rings (SSSR count). The second kappa shape index (κ2) is 7.76. The van der Waals surface area contributed by atoms with Crippen LogP contribution in [0.3, 0.4) is 0 Å². The van der Waals surface area contributed by atoms with E-state index in [2.05, 4.69) is 20.6 Å². The summed E-state index contributed by atoms with van der Waals surface area (Å²) in [5, 5.41) is 13.1. The number of aromatic nitrogens is 5. The lowest BCUT2D eigenvalue weighted by molar-refractivity contribution is -0.143. The van der Waals surface area contributed by atoms with E-state index >= 15 is 0 Å². The fraction of sp³-hybridized carbons (Fsp3) is 0.250. The van der Waals surface area contributed by atoms with Gasteiger partial charge in [0.2, 0.25) is 0 Å². The zero-order valence-corrected chi connectivity index (χ0v) is 16.0. The highest BCUT2D eigenvalue weighted by Gasteiger charge is 2.40. The van der Waals surface area contributed by atoms with Gasteiger partial charge in [-0.1, -0.05) is 11.6 Å². The Morgan fingerprint density at radius 1 is 1.32 bits per heavy atom. The highest BCUT2D eigenvalue weighted by molar-refractivity contribution is 7.71. The molecule has 7 nitrogen and oxygen atoms in total. The second-order valence-electron chi connectivity index (χ2n) is 5.80. The van der Waals surface area contributed by atoms with Crippen molar-refractivity contribution < 1.29 is 18.0 Å². The summed E-state index contributed by atoms with van der Waals surface area (Å²) < 4.78 is 43.5. The number of carbonyl (C=O) groups excluding carboxylic acids is 1. The molecule has 0 aliphatic rings. The zero-order chi connectivity index (χ0) is 20.5. The number of alkyl halides is 3. The van der Waals surface area contributed by atoms with Crippen molar-refractivity contribution in [1.82, 2.24) is 29.9 Å². The number of amides is 1. The van der Waals surface area contributed by atoms with Crippen molar-refractivity contribution in [2.75, 3.05) is 6.54 Å². The first-order valence-electron chi connectivity index (χ1n) is 7.98. The summed E-state index contributed by atoms with van der Waals surface area (Å²) in [7, 11) is 1.70. The van der Waals surface area contributed by atoms with Gasteiger partial charge in [-0.05, 0) is 36.5 Å². The average molecular weight is 431 g/mol. The van der Waals surface area contributed by atoms with E-state index in [1.54, 1.807) is 11.6 Å². The molecule has 0 bridgehead atoms. The van der Waals surface area contributed by atoms with Crippen molar-refractivity contribution in [3.05, 3.63) is 57.3 Å². The van der Waals surface area contributed by atoms with Gasteiger partial charge in [0.05, 0.1) is 17.4 Å². The van der Waals surface area contributed by atoms with Crippen LogP contribution in [0.15, 0.2) is 30.5 Å². The van der Waals surface area contributed by atoms with Gasteiger partial charge in [0.15, 0.2) is 10.5 Å². The molecular formula is C16H14ClF3N6OS. The van der Waals surface area contributed by atoms with Gasteiger partial charge < -0.3 is 9.88 Å². The largest absolute Gasteiger partial charge is 0.434 e. The summed E-state index contributed by atoms with van der Waals surface area (Å²) in [4.78, 5) is 12.4. The molecular weight excluding hydrogens is 417 g/mol. The second-order valence-corrected chi connectivity index (χ2v) is 6.63. The van der Waals surface area contributed by atoms with Crippen LogP contribution in [0.4, 0.5) is 13.2 Å². The molecule has 28 heavy (non-hydrogen) atoms. The number of nitrogens with one attached hydrogen (secondary N) is 2. The maximum Gasteiger partial charge on any atom is 0.434 e. The number of benzene rings is 1. The number of carbonyl (C=O) groups is 1. The zero-order valence-electron chi connectivity index (χ0n) is 14.4. The van der Waals surface area contributed by atoms with Crippen LogP contribution in [0.5, 0.6) is 0 Å². The first kappa shape index (κ1) is 20.1. The molecule has 0 saturated heterocycles. The molecule has 0 aliphatic heterocycles. The SMILES string of the molecule is Cn1c(CCNC(=O)c2cnn(-c3ccc(Cl)cc3)c2C(F)(F)F)n[nH]c1=S. The number of hydrogen-bond donors (Lipinski definition) is 2. The van der Waals surface area contributed by atoms with Crippen LogP contribution in [0, 0.1) is 4.77 Å². The Kier molecular flexibility index (Phi) is 5.57. The van der Waals surface area contributed by atoms with Gasteiger partial charge in [-0.15, -0.1) is 0 Å². The third-order valence-corrected chi connectivity index (χ3v) is 4.58. The third-order valence-electron chi connectivity index (χ3n) is 3.96. The monoisotopic (exact) mass is 430 g/mol.